The summed E-state index contributed by atoms with van der Waals surface area (Å²) in [5, 5.41) is 0. The number of nitrogens with two attached hydrogens (primary N) is 1. The van der Waals surface area contributed by atoms with Gasteiger partial charge in [0, 0.05) is 19.6 Å². The number of hydrogen-bond donors (Lipinski definition) is 2. The molecule has 2 unspecified atom stereocenters. The van der Waals surface area contributed by atoms with E-state index in [1.165, 1.54) is 159 Å². The minimum absolute atomic E-state index is 0. The molecular weight excluding hydrogens is 572 g/mol. The Hall–Kier alpha value is 0.320. The van der Waals surface area contributed by atoms with Crippen molar-refractivity contribution in [1.82, 2.24) is 0 Å². The fraction of sp³-hybridized carbons (Fsp3) is 1.00. The summed E-state index contributed by atoms with van der Waals surface area (Å²) < 4.78 is 12.7. The van der Waals surface area contributed by atoms with Crippen LogP contribution in [0.5, 0.6) is 0 Å². The van der Waals surface area contributed by atoms with Crippen LogP contribution in [0.25, 0.3) is 0 Å². The number of likely N-dealkylation sites (N-methyl/N-ethyl adjacent to an activating group) is 1. The Labute approximate surface area is 269 Å². The lowest BCUT2D eigenvalue weighted by molar-refractivity contribution is -0.890. The fourth-order valence-corrected chi connectivity index (χ4v) is 5.89. The van der Waals surface area contributed by atoms with E-state index in [2.05, 4.69) is 27.9 Å². The van der Waals surface area contributed by atoms with Crippen LogP contribution in [0.1, 0.15) is 181 Å². The topological polar surface area (TPSA) is 48.9 Å². The molecule has 0 heterocycles. The summed E-state index contributed by atoms with van der Waals surface area (Å²) in [7, 11) is 4.51. The van der Waals surface area contributed by atoms with Gasteiger partial charge in [-0.15, -0.1) is 0 Å². The van der Waals surface area contributed by atoms with E-state index in [0.29, 0.717) is 6.04 Å². The van der Waals surface area contributed by atoms with Gasteiger partial charge < -0.3 is 37.1 Å². The monoisotopic (exact) mass is 649 g/mol. The molecule has 0 saturated carbocycles. The molecule has 3 N–H and O–H groups in total. The molecule has 0 aromatic carbocycles. The molecule has 0 aliphatic heterocycles. The van der Waals surface area contributed by atoms with E-state index in [-0.39, 0.29) is 23.1 Å². The number of nitrogens with one attached hydrogen (secondary N) is 1. The molecular formula is C36H77BrN2O2. The van der Waals surface area contributed by atoms with Crippen molar-refractivity contribution in [2.24, 2.45) is 5.73 Å². The average molecular weight is 650 g/mol. The van der Waals surface area contributed by atoms with E-state index in [4.69, 9.17) is 15.2 Å². The van der Waals surface area contributed by atoms with Crippen molar-refractivity contribution in [3.05, 3.63) is 0 Å². The van der Waals surface area contributed by atoms with Crippen LogP contribution in [0.3, 0.4) is 0 Å². The fourth-order valence-electron chi connectivity index (χ4n) is 5.89. The van der Waals surface area contributed by atoms with E-state index in [0.717, 1.165) is 39.2 Å². The van der Waals surface area contributed by atoms with Crippen LogP contribution < -0.4 is 27.6 Å². The molecule has 4 nitrogen and oxygen atoms in total. The van der Waals surface area contributed by atoms with Crippen molar-refractivity contribution in [2.45, 2.75) is 193 Å². The summed E-state index contributed by atoms with van der Waals surface area (Å²) in [5.41, 5.74) is 5.85. The van der Waals surface area contributed by atoms with Gasteiger partial charge in [-0.2, -0.15) is 0 Å². The Morgan fingerprint density at radius 3 is 1.24 bits per heavy atom. The Morgan fingerprint density at radius 1 is 0.512 bits per heavy atom. The molecule has 0 rings (SSSR count). The lowest BCUT2D eigenvalue weighted by Crippen LogP contribution is -3.11. The number of quaternary nitrogens is 1. The van der Waals surface area contributed by atoms with E-state index in [9.17, 15) is 0 Å². The second kappa shape index (κ2) is 36.5. The Morgan fingerprint density at radius 2 is 0.878 bits per heavy atom. The largest absolute Gasteiger partial charge is 1.00 e. The van der Waals surface area contributed by atoms with Gasteiger partial charge in [-0.3, -0.25) is 0 Å². The quantitative estimate of drug-likeness (QED) is 0.0836. The molecule has 0 aromatic rings. The first kappa shape index (κ1) is 43.4. The highest BCUT2D eigenvalue weighted by molar-refractivity contribution is 4.70. The molecule has 0 aromatic heterocycles. The summed E-state index contributed by atoms with van der Waals surface area (Å²) in [6.45, 7) is 7.83. The number of rotatable bonds is 34. The molecule has 41 heavy (non-hydrogen) atoms. The third-order valence-corrected chi connectivity index (χ3v) is 8.66. The van der Waals surface area contributed by atoms with Crippen LogP contribution in [0.15, 0.2) is 0 Å². The van der Waals surface area contributed by atoms with E-state index in [1.807, 2.05) is 0 Å². The first-order valence-corrected chi connectivity index (χ1v) is 18.4. The van der Waals surface area contributed by atoms with E-state index >= 15 is 0 Å². The predicted molar refractivity (Wildman–Crippen MR) is 178 cm³/mol. The number of unbranched alkanes of at least 4 members (excludes halogenated alkanes) is 22. The van der Waals surface area contributed by atoms with Crippen molar-refractivity contribution in [2.75, 3.05) is 40.5 Å². The molecule has 250 valence electrons. The molecule has 0 saturated heterocycles. The zero-order valence-corrected chi connectivity index (χ0v) is 30.2. The Bertz CT molecular complexity index is 467. The minimum atomic E-state index is 0. The maximum absolute atomic E-state index is 6.48. The second-order valence-electron chi connectivity index (χ2n) is 12.9. The van der Waals surface area contributed by atoms with Crippen molar-refractivity contribution in [3.8, 4) is 0 Å². The second-order valence-corrected chi connectivity index (χ2v) is 12.9. The standard InChI is InChI=1S/C36H76N2O2.BrH/c1-5-7-9-11-13-15-17-19-21-23-25-27-32-39-34-36(35(38(3)4)30-29-31-37)40-33-28-26-24-22-20-18-16-14-12-10-8-6-2;/h35-36H,5-34,37H2,1-4H3;1H. The van der Waals surface area contributed by atoms with Crippen LogP contribution in [0.4, 0.5) is 0 Å². The lowest BCUT2D eigenvalue weighted by Gasteiger charge is -2.29. The summed E-state index contributed by atoms with van der Waals surface area (Å²) in [5.74, 6) is 0. The van der Waals surface area contributed by atoms with Gasteiger partial charge in [-0.05, 0) is 25.8 Å². The van der Waals surface area contributed by atoms with Gasteiger partial charge in [0.15, 0.2) is 0 Å². The number of ether oxygens (including phenoxy) is 2. The van der Waals surface area contributed by atoms with Crippen LogP contribution in [-0.4, -0.2) is 52.6 Å². The Kier molecular flexibility index (Phi) is 38.7. The highest BCUT2D eigenvalue weighted by Crippen LogP contribution is 2.14. The average Bonchev–Trinajstić information content (AvgIpc) is 2.95. The normalized spacial score (nSPS) is 13.0. The SMILES string of the molecule is CCCCCCCCCCCCCCOCC(OCCCCCCCCCCCCCC)C(CCCN)[NH+](C)C.[Br-]. The minimum Gasteiger partial charge on any atom is -1.00 e. The number of halogens is 1. The van der Waals surface area contributed by atoms with Gasteiger partial charge in [0.05, 0.1) is 20.7 Å². The van der Waals surface area contributed by atoms with Crippen molar-refractivity contribution in [1.29, 1.82) is 0 Å². The lowest BCUT2D eigenvalue weighted by atomic mass is 10.0. The number of hydrogen-bond acceptors (Lipinski definition) is 3. The zero-order chi connectivity index (χ0) is 29.4. The summed E-state index contributed by atoms with van der Waals surface area (Å²) in [6.07, 6.45) is 35.5. The molecule has 0 fully saturated rings. The smallest absolute Gasteiger partial charge is 0.132 e. The third-order valence-electron chi connectivity index (χ3n) is 8.66. The van der Waals surface area contributed by atoms with E-state index in [1.54, 1.807) is 0 Å². The van der Waals surface area contributed by atoms with Crippen LogP contribution in [-0.2, 0) is 9.47 Å². The molecule has 0 amide bonds. The Balaban J connectivity index is 0. The van der Waals surface area contributed by atoms with Crippen LogP contribution in [0.2, 0.25) is 0 Å². The highest BCUT2D eigenvalue weighted by atomic mass is 79.9. The summed E-state index contributed by atoms with van der Waals surface area (Å²) in [6, 6.07) is 0.461. The van der Waals surface area contributed by atoms with Crippen molar-refractivity contribution >= 4 is 0 Å². The van der Waals surface area contributed by atoms with Gasteiger partial charge >= 0.3 is 0 Å². The maximum atomic E-state index is 6.48. The third kappa shape index (κ3) is 31.5. The molecule has 0 aliphatic carbocycles. The van der Waals surface area contributed by atoms with Gasteiger partial charge in [0.25, 0.3) is 0 Å². The van der Waals surface area contributed by atoms with Crippen molar-refractivity contribution in [3.63, 3.8) is 0 Å². The molecule has 0 bridgehead atoms. The molecule has 0 spiro atoms. The first-order valence-electron chi connectivity index (χ1n) is 18.4. The highest BCUT2D eigenvalue weighted by Gasteiger charge is 2.27. The van der Waals surface area contributed by atoms with Gasteiger partial charge in [0.2, 0.25) is 0 Å². The molecule has 0 radical (unpaired) electrons. The van der Waals surface area contributed by atoms with Crippen LogP contribution in [0, 0.1) is 0 Å². The molecule has 0 aliphatic rings. The van der Waals surface area contributed by atoms with Gasteiger partial charge in [0.1, 0.15) is 12.1 Å². The van der Waals surface area contributed by atoms with Gasteiger partial charge in [-0.1, -0.05) is 155 Å². The summed E-state index contributed by atoms with van der Waals surface area (Å²) >= 11 is 0. The molecule has 5 heteroatoms. The maximum Gasteiger partial charge on any atom is 0.132 e. The molecule has 2 atom stereocenters. The van der Waals surface area contributed by atoms with Crippen molar-refractivity contribution < 1.29 is 31.4 Å². The van der Waals surface area contributed by atoms with Crippen LogP contribution >= 0.6 is 0 Å². The first-order chi connectivity index (χ1) is 19.7. The summed E-state index contributed by atoms with van der Waals surface area (Å²) in [4.78, 5) is 1.46. The van der Waals surface area contributed by atoms with Gasteiger partial charge in [-0.25, -0.2) is 0 Å². The van der Waals surface area contributed by atoms with E-state index < -0.39 is 0 Å². The predicted octanol–water partition coefficient (Wildman–Crippen LogP) is 6.05. The zero-order valence-electron chi connectivity index (χ0n) is 28.6.